The molecule has 104 valence electrons. The number of nitrogens with zero attached hydrogens (tertiary/aromatic N) is 1. The van der Waals surface area contributed by atoms with Crippen LogP contribution in [0.25, 0.3) is 5.57 Å². The molecule has 0 spiro atoms. The lowest BCUT2D eigenvalue weighted by Gasteiger charge is -2.26. The first-order valence-corrected chi connectivity index (χ1v) is 7.33. The van der Waals surface area contributed by atoms with Crippen molar-refractivity contribution in [1.82, 2.24) is 4.90 Å². The molecule has 0 fully saturated rings. The minimum absolute atomic E-state index is 0.288. The minimum Gasteiger partial charge on any atom is -0.339 e. The average Bonchev–Trinajstić information content (AvgIpc) is 2.51. The van der Waals surface area contributed by atoms with Gasteiger partial charge in [-0.2, -0.15) is 0 Å². The highest BCUT2D eigenvalue weighted by Crippen LogP contribution is 2.22. The smallest absolute Gasteiger partial charge is 0.222 e. The molecule has 2 nitrogen and oxygen atoms in total. The topological polar surface area (TPSA) is 20.3 Å². The molecule has 0 radical (unpaired) electrons. The first kappa shape index (κ1) is 15.5. The maximum absolute atomic E-state index is 11.7. The highest BCUT2D eigenvalue weighted by molar-refractivity contribution is 5.78. The quantitative estimate of drug-likeness (QED) is 0.799. The molecule has 1 heterocycles. The summed E-state index contributed by atoms with van der Waals surface area (Å²) < 4.78 is 0. The van der Waals surface area contributed by atoms with E-state index in [1.54, 1.807) is 0 Å². The van der Waals surface area contributed by atoms with Crippen molar-refractivity contribution in [3.05, 3.63) is 42.0 Å². The molecule has 0 aliphatic carbocycles. The molecule has 2 heteroatoms. The van der Waals surface area contributed by atoms with E-state index in [1.165, 1.54) is 11.1 Å². The van der Waals surface area contributed by atoms with Crippen LogP contribution in [0, 0.1) is 0 Å². The van der Waals surface area contributed by atoms with Gasteiger partial charge in [0, 0.05) is 19.5 Å². The van der Waals surface area contributed by atoms with E-state index in [0.717, 1.165) is 25.9 Å². The molecule has 1 aromatic rings. The van der Waals surface area contributed by atoms with Gasteiger partial charge in [-0.15, -0.1) is 0 Å². The van der Waals surface area contributed by atoms with Crippen molar-refractivity contribution in [2.45, 2.75) is 40.0 Å². The van der Waals surface area contributed by atoms with Gasteiger partial charge in [0.25, 0.3) is 0 Å². The molecule has 19 heavy (non-hydrogen) atoms. The normalized spacial score (nSPS) is 14.3. The van der Waals surface area contributed by atoms with Gasteiger partial charge in [-0.05, 0) is 24.0 Å². The van der Waals surface area contributed by atoms with Crippen LogP contribution in [0.2, 0.25) is 0 Å². The summed E-state index contributed by atoms with van der Waals surface area (Å²) in [5.41, 5.74) is 2.65. The molecule has 1 aromatic carbocycles. The van der Waals surface area contributed by atoms with Gasteiger partial charge in [-0.3, -0.25) is 4.79 Å². The summed E-state index contributed by atoms with van der Waals surface area (Å²) in [5, 5.41) is 0. The van der Waals surface area contributed by atoms with Crippen LogP contribution in [-0.2, 0) is 4.79 Å². The number of hydrogen-bond donors (Lipinski definition) is 0. The Labute approximate surface area is 117 Å². The summed E-state index contributed by atoms with van der Waals surface area (Å²) >= 11 is 0. The highest BCUT2D eigenvalue weighted by Gasteiger charge is 2.16. The van der Waals surface area contributed by atoms with Crippen molar-refractivity contribution in [2.75, 3.05) is 13.1 Å². The number of carbonyl (C=O) groups is 1. The van der Waals surface area contributed by atoms with Crippen molar-refractivity contribution in [3.63, 3.8) is 0 Å². The van der Waals surface area contributed by atoms with E-state index in [9.17, 15) is 4.79 Å². The Bertz CT molecular complexity index is 409. The number of rotatable bonds is 3. The molecule has 0 saturated carbocycles. The molecule has 1 amide bonds. The number of carbonyl (C=O) groups excluding carboxylic acids is 1. The zero-order valence-corrected chi connectivity index (χ0v) is 12.4. The average molecular weight is 259 g/mol. The Morgan fingerprint density at radius 1 is 1.21 bits per heavy atom. The predicted molar refractivity (Wildman–Crippen MR) is 81.9 cm³/mol. The molecular formula is C17H25NO. The zero-order valence-electron chi connectivity index (χ0n) is 12.4. The standard InChI is InChI=1S/C15H19NO.C2H6/c1-2-6-15(17)16-11-9-14(10-12-16)13-7-4-3-5-8-13;1-2/h3-5,7-9H,2,6,10-12H2,1H3;1-2H3. The Hall–Kier alpha value is -1.57. The summed E-state index contributed by atoms with van der Waals surface area (Å²) in [7, 11) is 0. The molecule has 0 saturated heterocycles. The fourth-order valence-electron chi connectivity index (χ4n) is 2.18. The van der Waals surface area contributed by atoms with Gasteiger partial charge >= 0.3 is 0 Å². The van der Waals surface area contributed by atoms with Gasteiger partial charge in [0.05, 0.1) is 0 Å². The van der Waals surface area contributed by atoms with Crippen LogP contribution in [0.15, 0.2) is 36.4 Å². The summed E-state index contributed by atoms with van der Waals surface area (Å²) in [6, 6.07) is 10.4. The Balaban J connectivity index is 0.000000861. The van der Waals surface area contributed by atoms with E-state index in [0.29, 0.717) is 6.42 Å². The van der Waals surface area contributed by atoms with Crippen molar-refractivity contribution < 1.29 is 4.79 Å². The third kappa shape index (κ3) is 4.55. The van der Waals surface area contributed by atoms with Crippen LogP contribution in [-0.4, -0.2) is 23.9 Å². The fraction of sp³-hybridized carbons (Fsp3) is 0.471. The lowest BCUT2D eigenvalue weighted by atomic mass is 9.99. The Morgan fingerprint density at radius 2 is 1.89 bits per heavy atom. The third-order valence-electron chi connectivity index (χ3n) is 3.17. The summed E-state index contributed by atoms with van der Waals surface area (Å²) in [6.07, 6.45) is 4.77. The van der Waals surface area contributed by atoms with E-state index >= 15 is 0 Å². The molecule has 1 aliphatic heterocycles. The van der Waals surface area contributed by atoms with Crippen LogP contribution in [0.4, 0.5) is 0 Å². The second kappa shape index (κ2) is 8.52. The molecular weight excluding hydrogens is 234 g/mol. The van der Waals surface area contributed by atoms with E-state index in [4.69, 9.17) is 0 Å². The van der Waals surface area contributed by atoms with Crippen molar-refractivity contribution in [1.29, 1.82) is 0 Å². The summed E-state index contributed by atoms with van der Waals surface area (Å²) in [4.78, 5) is 13.7. The molecule has 0 N–H and O–H groups in total. The van der Waals surface area contributed by atoms with Crippen LogP contribution >= 0.6 is 0 Å². The third-order valence-corrected chi connectivity index (χ3v) is 3.17. The molecule has 0 unspecified atom stereocenters. The number of hydrogen-bond acceptors (Lipinski definition) is 1. The van der Waals surface area contributed by atoms with Gasteiger partial charge in [-0.25, -0.2) is 0 Å². The SMILES string of the molecule is CC.CCCC(=O)N1CC=C(c2ccccc2)CC1. The van der Waals surface area contributed by atoms with Gasteiger partial charge in [-0.1, -0.05) is 57.2 Å². The first-order valence-electron chi connectivity index (χ1n) is 7.33. The number of benzene rings is 1. The molecule has 0 atom stereocenters. The summed E-state index contributed by atoms with van der Waals surface area (Å²) in [5.74, 6) is 0.288. The number of amides is 1. The van der Waals surface area contributed by atoms with E-state index in [2.05, 4.69) is 30.3 Å². The van der Waals surface area contributed by atoms with Gasteiger partial charge in [0.1, 0.15) is 0 Å². The Morgan fingerprint density at radius 3 is 2.42 bits per heavy atom. The largest absolute Gasteiger partial charge is 0.339 e. The zero-order chi connectivity index (χ0) is 14.1. The van der Waals surface area contributed by atoms with E-state index in [1.807, 2.05) is 31.7 Å². The predicted octanol–water partition coefficient (Wildman–Crippen LogP) is 4.13. The summed E-state index contributed by atoms with van der Waals surface area (Å²) in [6.45, 7) is 7.68. The first-order chi connectivity index (χ1) is 9.31. The van der Waals surface area contributed by atoms with Crippen LogP contribution in [0.5, 0.6) is 0 Å². The molecule has 0 aromatic heterocycles. The lowest BCUT2D eigenvalue weighted by Crippen LogP contribution is -2.34. The molecule has 2 rings (SSSR count). The van der Waals surface area contributed by atoms with Crippen molar-refractivity contribution >= 4 is 11.5 Å². The second-order valence-electron chi connectivity index (χ2n) is 4.44. The van der Waals surface area contributed by atoms with Crippen LogP contribution in [0.1, 0.15) is 45.6 Å². The highest BCUT2D eigenvalue weighted by atomic mass is 16.2. The van der Waals surface area contributed by atoms with Gasteiger partial charge in [0.15, 0.2) is 0 Å². The van der Waals surface area contributed by atoms with Crippen LogP contribution in [0.3, 0.4) is 0 Å². The van der Waals surface area contributed by atoms with Gasteiger partial charge < -0.3 is 4.90 Å². The van der Waals surface area contributed by atoms with Crippen molar-refractivity contribution in [3.8, 4) is 0 Å². The van der Waals surface area contributed by atoms with Crippen LogP contribution < -0.4 is 0 Å². The van der Waals surface area contributed by atoms with E-state index in [-0.39, 0.29) is 5.91 Å². The lowest BCUT2D eigenvalue weighted by molar-refractivity contribution is -0.130. The molecule has 0 bridgehead atoms. The fourth-order valence-corrected chi connectivity index (χ4v) is 2.18. The van der Waals surface area contributed by atoms with Crippen molar-refractivity contribution in [2.24, 2.45) is 0 Å². The maximum Gasteiger partial charge on any atom is 0.222 e. The monoisotopic (exact) mass is 259 g/mol. The second-order valence-corrected chi connectivity index (χ2v) is 4.44. The van der Waals surface area contributed by atoms with Gasteiger partial charge in [0.2, 0.25) is 5.91 Å². The minimum atomic E-state index is 0.288. The molecule has 1 aliphatic rings. The maximum atomic E-state index is 11.7. The van der Waals surface area contributed by atoms with E-state index < -0.39 is 0 Å². The Kier molecular flexibility index (Phi) is 6.94.